The number of esters is 1. The van der Waals surface area contributed by atoms with E-state index in [0.29, 0.717) is 50.3 Å². The zero-order chi connectivity index (χ0) is 22.9. The van der Waals surface area contributed by atoms with Crippen LogP contribution in [0.5, 0.6) is 11.5 Å². The van der Waals surface area contributed by atoms with Crippen molar-refractivity contribution >= 4 is 46.3 Å². The largest absolute Gasteiger partial charge is 0.466 e. The van der Waals surface area contributed by atoms with Gasteiger partial charge in [-0.3, -0.25) is 4.79 Å². The lowest BCUT2D eigenvalue weighted by molar-refractivity contribution is -0.148. The number of aromatic nitrogens is 2. The number of hydrogen-bond donors (Lipinski definition) is 2. The van der Waals surface area contributed by atoms with Gasteiger partial charge in [-0.1, -0.05) is 6.07 Å². The highest BCUT2D eigenvalue weighted by Crippen LogP contribution is 2.37. The second-order valence-electron chi connectivity index (χ2n) is 8.34. The Hall–Kier alpha value is -3.46. The Bertz CT molecular complexity index is 1210. The molecule has 1 saturated heterocycles. The first-order chi connectivity index (χ1) is 16.0. The van der Waals surface area contributed by atoms with Gasteiger partial charge < -0.3 is 30.6 Å². The van der Waals surface area contributed by atoms with Crippen molar-refractivity contribution in [3.63, 3.8) is 0 Å². The average molecular weight is 486 g/mol. The predicted octanol–water partition coefficient (Wildman–Crippen LogP) is 3.32. The molecule has 9 nitrogen and oxygen atoms in total. The fourth-order valence-corrected chi connectivity index (χ4v) is 4.53. The Morgan fingerprint density at radius 1 is 1.12 bits per heavy atom. The SMILES string of the molecule is CCOC(=O)C1CCN(c2nnc(Cc3ccc4c(c3)OCO4)c3c(N)c(N)ccc23)CC1.Cl. The van der Waals surface area contributed by atoms with Crippen molar-refractivity contribution in [3.05, 3.63) is 41.6 Å². The van der Waals surface area contributed by atoms with Crippen molar-refractivity contribution in [2.24, 2.45) is 5.92 Å². The molecular weight excluding hydrogens is 458 g/mol. The van der Waals surface area contributed by atoms with Gasteiger partial charge in [-0.2, -0.15) is 5.10 Å². The number of carbonyl (C=O) groups excluding carboxylic acids is 1. The zero-order valence-corrected chi connectivity index (χ0v) is 19.8. The van der Waals surface area contributed by atoms with E-state index in [1.165, 1.54) is 0 Å². The Morgan fingerprint density at radius 3 is 2.65 bits per heavy atom. The molecule has 3 heterocycles. The summed E-state index contributed by atoms with van der Waals surface area (Å²) in [5.74, 6) is 2.02. The molecule has 0 spiro atoms. The number of nitrogens with zero attached hydrogens (tertiary/aromatic N) is 3. The highest BCUT2D eigenvalue weighted by atomic mass is 35.5. The normalized spacial score (nSPS) is 15.3. The third-order valence-corrected chi connectivity index (χ3v) is 6.30. The highest BCUT2D eigenvalue weighted by molar-refractivity contribution is 6.04. The van der Waals surface area contributed by atoms with E-state index in [-0.39, 0.29) is 31.1 Å². The number of nitrogen functional groups attached to an aromatic ring is 2. The number of rotatable bonds is 5. The molecule has 34 heavy (non-hydrogen) atoms. The van der Waals surface area contributed by atoms with Crippen LogP contribution in [0.1, 0.15) is 31.0 Å². The molecule has 0 amide bonds. The highest BCUT2D eigenvalue weighted by Gasteiger charge is 2.28. The molecule has 5 rings (SSSR count). The number of anilines is 3. The third kappa shape index (κ3) is 4.35. The molecule has 0 bridgehead atoms. The van der Waals surface area contributed by atoms with Gasteiger partial charge in [-0.25, -0.2) is 0 Å². The first-order valence-electron chi connectivity index (χ1n) is 11.2. The molecule has 0 saturated carbocycles. The molecule has 0 aliphatic carbocycles. The Labute approximate surface area is 203 Å². The third-order valence-electron chi connectivity index (χ3n) is 6.30. The van der Waals surface area contributed by atoms with Gasteiger partial charge in [-0.05, 0) is 49.6 Å². The van der Waals surface area contributed by atoms with Crippen molar-refractivity contribution in [1.82, 2.24) is 10.2 Å². The van der Waals surface area contributed by atoms with E-state index in [0.717, 1.165) is 39.3 Å². The van der Waals surface area contributed by atoms with E-state index in [1.807, 2.05) is 31.2 Å². The molecule has 2 aliphatic heterocycles. The fourth-order valence-electron chi connectivity index (χ4n) is 4.53. The number of halogens is 1. The van der Waals surface area contributed by atoms with Crippen molar-refractivity contribution in [2.75, 3.05) is 42.9 Å². The maximum atomic E-state index is 12.1. The predicted molar refractivity (Wildman–Crippen MR) is 133 cm³/mol. The number of piperidine rings is 1. The molecule has 2 aromatic carbocycles. The van der Waals surface area contributed by atoms with Crippen molar-refractivity contribution < 1.29 is 19.0 Å². The number of hydrogen-bond acceptors (Lipinski definition) is 9. The van der Waals surface area contributed by atoms with Gasteiger partial charge in [-0.15, -0.1) is 17.5 Å². The summed E-state index contributed by atoms with van der Waals surface area (Å²) < 4.78 is 16.1. The monoisotopic (exact) mass is 485 g/mol. The summed E-state index contributed by atoms with van der Waals surface area (Å²) in [5.41, 5.74) is 15.4. The molecule has 1 aromatic heterocycles. The zero-order valence-electron chi connectivity index (χ0n) is 19.0. The Morgan fingerprint density at radius 2 is 1.88 bits per heavy atom. The van der Waals surface area contributed by atoms with Gasteiger partial charge in [0.2, 0.25) is 6.79 Å². The molecule has 10 heteroatoms. The summed E-state index contributed by atoms with van der Waals surface area (Å²) in [5, 5.41) is 10.9. The summed E-state index contributed by atoms with van der Waals surface area (Å²) >= 11 is 0. The number of carbonyl (C=O) groups is 1. The van der Waals surface area contributed by atoms with E-state index in [1.54, 1.807) is 6.07 Å². The second kappa shape index (κ2) is 9.80. The molecular formula is C24H28ClN5O4. The van der Waals surface area contributed by atoms with Crippen LogP contribution in [0.25, 0.3) is 10.8 Å². The summed E-state index contributed by atoms with van der Waals surface area (Å²) in [7, 11) is 0. The summed E-state index contributed by atoms with van der Waals surface area (Å²) in [6.07, 6.45) is 1.95. The topological polar surface area (TPSA) is 126 Å². The first-order valence-corrected chi connectivity index (χ1v) is 11.2. The smallest absolute Gasteiger partial charge is 0.309 e. The molecule has 0 unspecified atom stereocenters. The van der Waals surface area contributed by atoms with Crippen LogP contribution >= 0.6 is 12.4 Å². The first kappa shape index (κ1) is 23.7. The van der Waals surface area contributed by atoms with Gasteiger partial charge in [0.05, 0.1) is 29.6 Å². The van der Waals surface area contributed by atoms with Crippen molar-refractivity contribution in [1.29, 1.82) is 0 Å². The lowest BCUT2D eigenvalue weighted by atomic mass is 9.96. The standard InChI is InChI=1S/C24H27N5O4.ClH/c1-2-31-24(30)15-7-9-29(10-8-15)23-16-4-5-17(25)22(26)21(16)18(27-28-23)11-14-3-6-19-20(12-14)33-13-32-19;/h3-6,12,15H,2,7-11,13,25-26H2,1H3;1H. The van der Waals surface area contributed by atoms with Crippen LogP contribution in [0.4, 0.5) is 17.2 Å². The summed E-state index contributed by atoms with van der Waals surface area (Å²) in [6, 6.07) is 9.58. The van der Waals surface area contributed by atoms with E-state index < -0.39 is 0 Å². The molecule has 180 valence electrons. The summed E-state index contributed by atoms with van der Waals surface area (Å²) in [4.78, 5) is 14.3. The Balaban J connectivity index is 0.00000274. The lowest BCUT2D eigenvalue weighted by Crippen LogP contribution is -2.37. The van der Waals surface area contributed by atoms with Gasteiger partial charge in [0.15, 0.2) is 17.3 Å². The van der Waals surface area contributed by atoms with E-state index >= 15 is 0 Å². The fraction of sp³-hybridized carbons (Fsp3) is 0.375. The quantitative estimate of drug-likeness (QED) is 0.413. The molecule has 2 aliphatic rings. The van der Waals surface area contributed by atoms with Crippen molar-refractivity contribution in [2.45, 2.75) is 26.2 Å². The molecule has 0 radical (unpaired) electrons. The van der Waals surface area contributed by atoms with Gasteiger partial charge in [0.1, 0.15) is 0 Å². The minimum atomic E-state index is -0.121. The molecule has 1 fully saturated rings. The van der Waals surface area contributed by atoms with Gasteiger partial charge in [0.25, 0.3) is 0 Å². The minimum Gasteiger partial charge on any atom is -0.466 e. The molecule has 0 atom stereocenters. The van der Waals surface area contributed by atoms with E-state index in [2.05, 4.69) is 15.1 Å². The maximum absolute atomic E-state index is 12.1. The van der Waals surface area contributed by atoms with Gasteiger partial charge >= 0.3 is 5.97 Å². The number of fused-ring (bicyclic) bond motifs is 2. The number of ether oxygens (including phenoxy) is 3. The van der Waals surface area contributed by atoms with Crippen LogP contribution in [0.15, 0.2) is 30.3 Å². The van der Waals surface area contributed by atoms with Crippen LogP contribution in [-0.2, 0) is 16.0 Å². The molecule has 3 aromatic rings. The van der Waals surface area contributed by atoms with Crippen LogP contribution < -0.4 is 25.8 Å². The lowest BCUT2D eigenvalue weighted by Gasteiger charge is -2.32. The van der Waals surface area contributed by atoms with Crippen LogP contribution in [0.3, 0.4) is 0 Å². The van der Waals surface area contributed by atoms with Crippen LogP contribution in [0, 0.1) is 5.92 Å². The van der Waals surface area contributed by atoms with E-state index in [9.17, 15) is 4.79 Å². The Kier molecular flexibility index (Phi) is 6.83. The van der Waals surface area contributed by atoms with Crippen molar-refractivity contribution in [3.8, 4) is 11.5 Å². The second-order valence-corrected chi connectivity index (χ2v) is 8.34. The van der Waals surface area contributed by atoms with Crippen LogP contribution in [0.2, 0.25) is 0 Å². The van der Waals surface area contributed by atoms with Gasteiger partial charge in [0, 0.05) is 30.3 Å². The van der Waals surface area contributed by atoms with E-state index in [4.69, 9.17) is 25.7 Å². The van der Waals surface area contributed by atoms with Crippen LogP contribution in [-0.4, -0.2) is 42.7 Å². The minimum absolute atomic E-state index is 0. The maximum Gasteiger partial charge on any atom is 0.309 e. The number of benzene rings is 2. The number of nitrogens with two attached hydrogens (primary N) is 2. The molecule has 4 N–H and O–H groups in total. The average Bonchev–Trinajstić information content (AvgIpc) is 3.30. The summed E-state index contributed by atoms with van der Waals surface area (Å²) in [6.45, 7) is 3.85.